The molecule has 2 unspecified atom stereocenters. The summed E-state index contributed by atoms with van der Waals surface area (Å²) in [6.45, 7) is 6.85. The molecule has 0 aromatic heterocycles. The minimum atomic E-state index is -0.0885. The summed E-state index contributed by atoms with van der Waals surface area (Å²) in [6, 6.07) is 14.9. The molecular weight excluding hydrogens is 390 g/mol. The zero-order chi connectivity index (χ0) is 22.0. The van der Waals surface area contributed by atoms with Crippen molar-refractivity contribution in [2.45, 2.75) is 58.2 Å². The highest BCUT2D eigenvalue weighted by atomic mass is 16.5. The van der Waals surface area contributed by atoms with E-state index in [1.807, 2.05) is 29.2 Å². The summed E-state index contributed by atoms with van der Waals surface area (Å²) in [5.74, 6) is -0.0203. The number of anilines is 2. The topological polar surface area (TPSA) is 70.7 Å². The summed E-state index contributed by atoms with van der Waals surface area (Å²) in [4.78, 5) is 25.8. The lowest BCUT2D eigenvalue weighted by Gasteiger charge is -2.41. The Labute approximate surface area is 184 Å². The van der Waals surface area contributed by atoms with E-state index in [0.29, 0.717) is 6.04 Å². The molecule has 31 heavy (non-hydrogen) atoms. The van der Waals surface area contributed by atoms with Crippen LogP contribution in [-0.2, 0) is 14.3 Å². The standard InChI is InChI=1S/C25H31N3O3/c1-16-13-24(27-21-9-11-31-12-10-21)23-15-20(7-8-25(23)28(16)18(3)30)19-5-4-6-22(14-19)26-17(2)29/h4-8,14-16,21,24,27H,9-13H2,1-3H3,(H,26,29). The van der Waals surface area contributed by atoms with Gasteiger partial charge in [-0.3, -0.25) is 9.59 Å². The van der Waals surface area contributed by atoms with Crippen molar-refractivity contribution in [2.24, 2.45) is 0 Å². The Morgan fingerprint density at radius 2 is 1.77 bits per heavy atom. The van der Waals surface area contributed by atoms with Crippen molar-refractivity contribution < 1.29 is 14.3 Å². The normalized spacial score (nSPS) is 21.5. The van der Waals surface area contributed by atoms with Gasteiger partial charge in [-0.15, -0.1) is 0 Å². The van der Waals surface area contributed by atoms with Crippen molar-refractivity contribution in [2.75, 3.05) is 23.4 Å². The molecule has 2 N–H and O–H groups in total. The Kier molecular flexibility index (Phi) is 6.39. The Balaban J connectivity index is 1.70. The number of hydrogen-bond donors (Lipinski definition) is 2. The van der Waals surface area contributed by atoms with Crippen LogP contribution in [0.25, 0.3) is 11.1 Å². The van der Waals surface area contributed by atoms with Crippen LogP contribution in [0.1, 0.15) is 51.6 Å². The summed E-state index contributed by atoms with van der Waals surface area (Å²) in [5.41, 5.74) is 5.02. The Hall–Kier alpha value is -2.70. The molecule has 2 amide bonds. The van der Waals surface area contributed by atoms with Crippen LogP contribution in [0.4, 0.5) is 11.4 Å². The van der Waals surface area contributed by atoms with Gasteiger partial charge in [0.05, 0.1) is 0 Å². The van der Waals surface area contributed by atoms with Crippen molar-refractivity contribution in [3.63, 3.8) is 0 Å². The van der Waals surface area contributed by atoms with Gasteiger partial charge in [0, 0.05) is 56.6 Å². The van der Waals surface area contributed by atoms with Gasteiger partial charge < -0.3 is 20.3 Å². The summed E-state index contributed by atoms with van der Waals surface area (Å²) in [5, 5.41) is 6.70. The number of hydrogen-bond acceptors (Lipinski definition) is 4. The Morgan fingerprint density at radius 3 is 2.48 bits per heavy atom. The third-order valence-corrected chi connectivity index (χ3v) is 6.19. The van der Waals surface area contributed by atoms with Crippen LogP contribution in [0.15, 0.2) is 42.5 Å². The maximum atomic E-state index is 12.4. The number of carbonyl (C=O) groups excluding carboxylic acids is 2. The van der Waals surface area contributed by atoms with E-state index in [9.17, 15) is 9.59 Å². The molecule has 1 saturated heterocycles. The molecule has 2 aliphatic rings. The van der Waals surface area contributed by atoms with Crippen LogP contribution in [0.3, 0.4) is 0 Å². The quantitative estimate of drug-likeness (QED) is 0.774. The van der Waals surface area contributed by atoms with Crippen molar-refractivity contribution in [3.8, 4) is 11.1 Å². The van der Waals surface area contributed by atoms with Crippen molar-refractivity contribution >= 4 is 23.2 Å². The van der Waals surface area contributed by atoms with Gasteiger partial charge in [0.25, 0.3) is 0 Å². The van der Waals surface area contributed by atoms with Gasteiger partial charge in [-0.05, 0) is 67.1 Å². The predicted octanol–water partition coefficient (Wildman–Crippen LogP) is 4.27. The van der Waals surface area contributed by atoms with E-state index in [1.54, 1.807) is 6.92 Å². The Morgan fingerprint density at radius 1 is 1.03 bits per heavy atom. The van der Waals surface area contributed by atoms with E-state index in [1.165, 1.54) is 6.92 Å². The van der Waals surface area contributed by atoms with Gasteiger partial charge in [-0.2, -0.15) is 0 Å². The molecule has 0 saturated carbocycles. The Bertz CT molecular complexity index is 968. The van der Waals surface area contributed by atoms with Gasteiger partial charge in [0.1, 0.15) is 0 Å². The molecule has 2 aromatic carbocycles. The van der Waals surface area contributed by atoms with Crippen molar-refractivity contribution in [3.05, 3.63) is 48.0 Å². The number of nitrogens with zero attached hydrogens (tertiary/aromatic N) is 1. The van der Waals surface area contributed by atoms with Crippen LogP contribution in [0.5, 0.6) is 0 Å². The second-order valence-corrected chi connectivity index (χ2v) is 8.62. The van der Waals surface area contributed by atoms with E-state index < -0.39 is 0 Å². The molecule has 2 aromatic rings. The number of carbonyl (C=O) groups is 2. The third-order valence-electron chi connectivity index (χ3n) is 6.19. The smallest absolute Gasteiger partial charge is 0.224 e. The lowest BCUT2D eigenvalue weighted by atomic mass is 9.88. The first-order chi connectivity index (χ1) is 14.9. The van der Waals surface area contributed by atoms with Crippen LogP contribution in [0.2, 0.25) is 0 Å². The van der Waals surface area contributed by atoms with Gasteiger partial charge in [0.2, 0.25) is 11.8 Å². The fourth-order valence-electron chi connectivity index (χ4n) is 4.81. The largest absolute Gasteiger partial charge is 0.381 e. The van der Waals surface area contributed by atoms with Crippen LogP contribution >= 0.6 is 0 Å². The molecular formula is C25H31N3O3. The average molecular weight is 422 g/mol. The van der Waals surface area contributed by atoms with E-state index in [2.05, 4.69) is 35.8 Å². The summed E-state index contributed by atoms with van der Waals surface area (Å²) >= 11 is 0. The minimum absolute atomic E-state index is 0.0682. The molecule has 2 aliphatic heterocycles. The second kappa shape index (κ2) is 9.20. The average Bonchev–Trinajstić information content (AvgIpc) is 2.73. The maximum absolute atomic E-state index is 12.4. The van der Waals surface area contributed by atoms with Crippen molar-refractivity contribution in [1.29, 1.82) is 0 Å². The molecule has 2 heterocycles. The SMILES string of the molecule is CC(=O)Nc1cccc(-c2ccc3c(c2)C(NC2CCOCC2)CC(C)N3C(C)=O)c1. The van der Waals surface area contributed by atoms with Crippen molar-refractivity contribution in [1.82, 2.24) is 5.32 Å². The number of amides is 2. The predicted molar refractivity (Wildman–Crippen MR) is 123 cm³/mol. The first-order valence-corrected chi connectivity index (χ1v) is 11.1. The summed E-state index contributed by atoms with van der Waals surface area (Å²) < 4.78 is 5.52. The molecule has 6 nitrogen and oxygen atoms in total. The molecule has 164 valence electrons. The summed E-state index contributed by atoms with van der Waals surface area (Å²) in [6.07, 6.45) is 2.89. The molecule has 4 rings (SSSR count). The van der Waals surface area contributed by atoms with E-state index in [-0.39, 0.29) is 23.9 Å². The fraction of sp³-hybridized carbons (Fsp3) is 0.440. The summed E-state index contributed by atoms with van der Waals surface area (Å²) in [7, 11) is 0. The zero-order valence-corrected chi connectivity index (χ0v) is 18.5. The first kappa shape index (κ1) is 21.5. The van der Waals surface area contributed by atoms with Gasteiger partial charge >= 0.3 is 0 Å². The van der Waals surface area contributed by atoms with E-state index in [0.717, 1.165) is 60.5 Å². The highest BCUT2D eigenvalue weighted by molar-refractivity contribution is 5.94. The second-order valence-electron chi connectivity index (χ2n) is 8.62. The van der Waals surface area contributed by atoms with Gasteiger partial charge in [-0.1, -0.05) is 18.2 Å². The number of ether oxygens (including phenoxy) is 1. The molecule has 0 radical (unpaired) electrons. The van der Waals surface area contributed by atoms with Crippen LogP contribution in [-0.4, -0.2) is 37.1 Å². The lowest BCUT2D eigenvalue weighted by molar-refractivity contribution is -0.117. The maximum Gasteiger partial charge on any atom is 0.224 e. The molecule has 6 heteroatoms. The lowest BCUT2D eigenvalue weighted by Crippen LogP contribution is -2.47. The molecule has 1 fully saturated rings. The molecule has 0 aliphatic carbocycles. The molecule has 0 bridgehead atoms. The zero-order valence-electron chi connectivity index (χ0n) is 18.5. The number of fused-ring (bicyclic) bond motifs is 1. The number of benzene rings is 2. The van der Waals surface area contributed by atoms with E-state index >= 15 is 0 Å². The van der Waals surface area contributed by atoms with Gasteiger partial charge in [-0.25, -0.2) is 0 Å². The highest BCUT2D eigenvalue weighted by Crippen LogP contribution is 2.40. The molecule has 2 atom stereocenters. The molecule has 0 spiro atoms. The van der Waals surface area contributed by atoms with E-state index in [4.69, 9.17) is 4.74 Å². The highest BCUT2D eigenvalue weighted by Gasteiger charge is 2.33. The van der Waals surface area contributed by atoms with Gasteiger partial charge in [0.15, 0.2) is 0 Å². The first-order valence-electron chi connectivity index (χ1n) is 11.1. The fourth-order valence-corrected chi connectivity index (χ4v) is 4.81. The van der Waals surface area contributed by atoms with Crippen LogP contribution < -0.4 is 15.5 Å². The number of nitrogens with one attached hydrogen (secondary N) is 2. The minimum Gasteiger partial charge on any atom is -0.381 e. The monoisotopic (exact) mass is 421 g/mol. The third kappa shape index (κ3) is 4.81. The number of rotatable bonds is 4. The van der Waals surface area contributed by atoms with Crippen LogP contribution in [0, 0.1) is 0 Å².